The number of aryl methyl sites for hydroxylation is 1. The summed E-state index contributed by atoms with van der Waals surface area (Å²) >= 11 is 0. The first kappa shape index (κ1) is 11.8. The SMILES string of the molecule is Cc1cc(C(=O)N2CCc3c(N)cccc3C2)no1. The van der Waals surface area contributed by atoms with Crippen LogP contribution in [0.4, 0.5) is 5.69 Å². The predicted octanol–water partition coefficient (Wildman–Crippen LogP) is 1.76. The molecule has 5 heteroatoms. The van der Waals surface area contributed by atoms with Gasteiger partial charge in [-0.3, -0.25) is 4.79 Å². The second kappa shape index (κ2) is 4.42. The van der Waals surface area contributed by atoms with E-state index in [-0.39, 0.29) is 5.91 Å². The molecule has 3 rings (SSSR count). The van der Waals surface area contributed by atoms with E-state index >= 15 is 0 Å². The van der Waals surface area contributed by atoms with Crippen molar-refractivity contribution in [1.82, 2.24) is 10.1 Å². The van der Waals surface area contributed by atoms with Gasteiger partial charge in [-0.2, -0.15) is 0 Å². The molecule has 0 saturated heterocycles. The van der Waals surface area contributed by atoms with E-state index in [9.17, 15) is 4.79 Å². The van der Waals surface area contributed by atoms with Crippen LogP contribution >= 0.6 is 0 Å². The minimum Gasteiger partial charge on any atom is -0.398 e. The molecule has 1 aliphatic rings. The first-order valence-corrected chi connectivity index (χ1v) is 6.24. The van der Waals surface area contributed by atoms with Crippen LogP contribution < -0.4 is 5.73 Å². The van der Waals surface area contributed by atoms with Crippen molar-refractivity contribution in [2.75, 3.05) is 12.3 Å². The third-order valence-corrected chi connectivity index (χ3v) is 3.44. The van der Waals surface area contributed by atoms with Crippen molar-refractivity contribution in [2.24, 2.45) is 0 Å². The van der Waals surface area contributed by atoms with E-state index in [4.69, 9.17) is 10.3 Å². The van der Waals surface area contributed by atoms with E-state index in [1.165, 1.54) is 0 Å². The number of fused-ring (bicyclic) bond motifs is 1. The Kier molecular flexibility index (Phi) is 2.74. The van der Waals surface area contributed by atoms with Crippen LogP contribution in [0.1, 0.15) is 27.4 Å². The van der Waals surface area contributed by atoms with Crippen molar-refractivity contribution in [2.45, 2.75) is 19.9 Å². The van der Waals surface area contributed by atoms with Gasteiger partial charge in [0.2, 0.25) is 0 Å². The molecule has 1 aliphatic heterocycles. The van der Waals surface area contributed by atoms with Crippen molar-refractivity contribution in [3.05, 3.63) is 46.8 Å². The summed E-state index contributed by atoms with van der Waals surface area (Å²) in [4.78, 5) is 14.1. The number of nitrogens with zero attached hydrogens (tertiary/aromatic N) is 2. The van der Waals surface area contributed by atoms with Crippen LogP contribution in [0.3, 0.4) is 0 Å². The molecule has 0 aliphatic carbocycles. The summed E-state index contributed by atoms with van der Waals surface area (Å²) in [7, 11) is 0. The molecule has 2 heterocycles. The summed E-state index contributed by atoms with van der Waals surface area (Å²) in [6.07, 6.45) is 0.782. The number of hydrogen-bond donors (Lipinski definition) is 1. The molecule has 2 aromatic rings. The molecule has 2 N–H and O–H groups in total. The molecule has 98 valence electrons. The number of benzene rings is 1. The lowest BCUT2D eigenvalue weighted by atomic mass is 9.98. The van der Waals surface area contributed by atoms with Gasteiger partial charge in [-0.15, -0.1) is 0 Å². The van der Waals surface area contributed by atoms with E-state index in [0.717, 1.165) is 23.2 Å². The highest BCUT2D eigenvalue weighted by Gasteiger charge is 2.24. The highest BCUT2D eigenvalue weighted by atomic mass is 16.5. The molecular formula is C14H15N3O2. The Morgan fingerprint density at radius 2 is 2.32 bits per heavy atom. The van der Waals surface area contributed by atoms with Crippen molar-refractivity contribution < 1.29 is 9.32 Å². The molecule has 0 radical (unpaired) electrons. The molecule has 19 heavy (non-hydrogen) atoms. The zero-order valence-electron chi connectivity index (χ0n) is 10.7. The zero-order chi connectivity index (χ0) is 13.4. The Labute approximate surface area is 111 Å². The average molecular weight is 257 g/mol. The average Bonchev–Trinajstić information content (AvgIpc) is 2.84. The second-order valence-electron chi connectivity index (χ2n) is 4.78. The molecule has 1 aromatic heterocycles. The maximum Gasteiger partial charge on any atom is 0.276 e. The number of hydrogen-bond acceptors (Lipinski definition) is 4. The van der Waals surface area contributed by atoms with Crippen molar-refractivity contribution in [3.8, 4) is 0 Å². The highest BCUT2D eigenvalue weighted by Crippen LogP contribution is 2.24. The van der Waals surface area contributed by atoms with Crippen LogP contribution in [-0.4, -0.2) is 22.5 Å². The summed E-state index contributed by atoms with van der Waals surface area (Å²) in [5.74, 6) is 0.551. The molecule has 0 unspecified atom stereocenters. The maximum absolute atomic E-state index is 12.3. The quantitative estimate of drug-likeness (QED) is 0.790. The van der Waals surface area contributed by atoms with Gasteiger partial charge in [-0.05, 0) is 30.5 Å². The van der Waals surface area contributed by atoms with Crippen LogP contribution in [0.2, 0.25) is 0 Å². The summed E-state index contributed by atoms with van der Waals surface area (Å²) in [6.45, 7) is 3.01. The Morgan fingerprint density at radius 3 is 3.05 bits per heavy atom. The number of nitrogens with two attached hydrogens (primary N) is 1. The number of anilines is 1. The largest absolute Gasteiger partial charge is 0.398 e. The number of amides is 1. The normalized spacial score (nSPS) is 14.3. The van der Waals surface area contributed by atoms with E-state index < -0.39 is 0 Å². The highest BCUT2D eigenvalue weighted by molar-refractivity contribution is 5.92. The number of rotatable bonds is 1. The van der Waals surface area contributed by atoms with E-state index in [1.54, 1.807) is 17.9 Å². The van der Waals surface area contributed by atoms with Gasteiger partial charge < -0.3 is 15.2 Å². The molecule has 5 nitrogen and oxygen atoms in total. The molecule has 0 atom stereocenters. The lowest BCUT2D eigenvalue weighted by Crippen LogP contribution is -2.36. The fourth-order valence-corrected chi connectivity index (χ4v) is 2.44. The molecule has 1 aromatic carbocycles. The fraction of sp³-hybridized carbons (Fsp3) is 0.286. The summed E-state index contributed by atoms with van der Waals surface area (Å²) < 4.78 is 4.95. The first-order chi connectivity index (χ1) is 9.15. The Bertz CT molecular complexity index is 633. The Balaban J connectivity index is 1.84. The number of nitrogen functional groups attached to an aromatic ring is 1. The fourth-order valence-electron chi connectivity index (χ4n) is 2.44. The van der Waals surface area contributed by atoms with Gasteiger partial charge in [0.15, 0.2) is 5.69 Å². The lowest BCUT2D eigenvalue weighted by molar-refractivity contribution is 0.0724. The first-order valence-electron chi connectivity index (χ1n) is 6.24. The summed E-state index contributed by atoms with van der Waals surface area (Å²) in [5, 5.41) is 3.77. The van der Waals surface area contributed by atoms with Gasteiger partial charge in [0.25, 0.3) is 5.91 Å². The monoisotopic (exact) mass is 257 g/mol. The molecule has 0 saturated carbocycles. The van der Waals surface area contributed by atoms with Gasteiger partial charge in [-0.25, -0.2) is 0 Å². The second-order valence-corrected chi connectivity index (χ2v) is 4.78. The van der Waals surface area contributed by atoms with Crippen molar-refractivity contribution in [3.63, 3.8) is 0 Å². The van der Waals surface area contributed by atoms with Crippen molar-refractivity contribution >= 4 is 11.6 Å². The molecule has 1 amide bonds. The van der Waals surface area contributed by atoms with E-state index in [0.29, 0.717) is 24.5 Å². The standard InChI is InChI=1S/C14H15N3O2/c1-9-7-13(16-19-9)14(18)17-6-5-11-10(8-17)3-2-4-12(11)15/h2-4,7H,5-6,8,15H2,1H3. The van der Waals surface area contributed by atoms with Crippen LogP contribution in [0.15, 0.2) is 28.8 Å². The summed E-state index contributed by atoms with van der Waals surface area (Å²) in [5.41, 5.74) is 9.39. The third kappa shape index (κ3) is 2.07. The van der Waals surface area contributed by atoms with Crippen molar-refractivity contribution in [1.29, 1.82) is 0 Å². The Morgan fingerprint density at radius 1 is 1.47 bits per heavy atom. The van der Waals surface area contributed by atoms with E-state index in [1.807, 2.05) is 18.2 Å². The predicted molar refractivity (Wildman–Crippen MR) is 70.5 cm³/mol. The lowest BCUT2D eigenvalue weighted by Gasteiger charge is -2.28. The van der Waals surface area contributed by atoms with Crippen LogP contribution in [-0.2, 0) is 13.0 Å². The van der Waals surface area contributed by atoms with Gasteiger partial charge in [-0.1, -0.05) is 17.3 Å². The minimum absolute atomic E-state index is 0.0927. The van der Waals surface area contributed by atoms with Gasteiger partial charge >= 0.3 is 0 Å². The molecule has 0 spiro atoms. The van der Waals surface area contributed by atoms with E-state index in [2.05, 4.69) is 5.16 Å². The molecule has 0 fully saturated rings. The molecule has 0 bridgehead atoms. The number of aromatic nitrogens is 1. The number of carbonyl (C=O) groups is 1. The minimum atomic E-state index is -0.0927. The van der Waals surface area contributed by atoms with Crippen LogP contribution in [0.25, 0.3) is 0 Å². The topological polar surface area (TPSA) is 72.4 Å². The van der Waals surface area contributed by atoms with Gasteiger partial charge in [0, 0.05) is 24.8 Å². The smallest absolute Gasteiger partial charge is 0.276 e. The van der Waals surface area contributed by atoms with Crippen LogP contribution in [0, 0.1) is 6.92 Å². The zero-order valence-corrected chi connectivity index (χ0v) is 10.7. The summed E-state index contributed by atoms with van der Waals surface area (Å²) in [6, 6.07) is 7.50. The molecular weight excluding hydrogens is 242 g/mol. The third-order valence-electron chi connectivity index (χ3n) is 3.44. The van der Waals surface area contributed by atoms with Gasteiger partial charge in [0.1, 0.15) is 5.76 Å². The van der Waals surface area contributed by atoms with Gasteiger partial charge in [0.05, 0.1) is 0 Å². The Hall–Kier alpha value is -2.30. The maximum atomic E-state index is 12.3. The van der Waals surface area contributed by atoms with Crippen LogP contribution in [0.5, 0.6) is 0 Å². The number of carbonyl (C=O) groups excluding carboxylic acids is 1.